The monoisotopic (exact) mass is 535 g/mol. The summed E-state index contributed by atoms with van der Waals surface area (Å²) in [7, 11) is 0. The average molecular weight is 536 g/mol. The average Bonchev–Trinajstić information content (AvgIpc) is 3.59. The van der Waals surface area contributed by atoms with Crippen LogP contribution >= 0.6 is 0 Å². The van der Waals surface area contributed by atoms with E-state index in [1.807, 2.05) is 25.4 Å². The number of rotatable bonds is 7. The number of halogens is 1. The van der Waals surface area contributed by atoms with Crippen LogP contribution in [0.15, 0.2) is 67.3 Å². The highest BCUT2D eigenvalue weighted by atomic mass is 19.1. The van der Waals surface area contributed by atoms with Crippen molar-refractivity contribution in [2.75, 3.05) is 18.0 Å². The van der Waals surface area contributed by atoms with Gasteiger partial charge in [-0.1, -0.05) is 6.07 Å². The van der Waals surface area contributed by atoms with E-state index in [0.29, 0.717) is 24.3 Å². The molecule has 5 aromatic rings. The Hall–Kier alpha value is -4.44. The second-order valence-electron chi connectivity index (χ2n) is 10.9. The molecule has 3 fully saturated rings. The summed E-state index contributed by atoms with van der Waals surface area (Å²) < 4.78 is 14.7. The van der Waals surface area contributed by atoms with Gasteiger partial charge in [-0.25, -0.2) is 19.0 Å². The van der Waals surface area contributed by atoms with Crippen molar-refractivity contribution >= 4 is 5.82 Å². The highest BCUT2D eigenvalue weighted by Gasteiger charge is 2.44. The molecular weight excluding hydrogens is 505 g/mol. The Balaban J connectivity index is 0.991. The maximum Gasteiger partial charge on any atom is 0.161 e. The lowest BCUT2D eigenvalue weighted by Gasteiger charge is -2.56. The van der Waals surface area contributed by atoms with Gasteiger partial charge >= 0.3 is 0 Å². The van der Waals surface area contributed by atoms with E-state index in [4.69, 9.17) is 9.97 Å². The molecule has 202 valence electrons. The third kappa shape index (κ3) is 4.86. The molecule has 0 saturated carbocycles. The van der Waals surface area contributed by atoms with Crippen molar-refractivity contribution in [3.63, 3.8) is 0 Å². The molecule has 0 spiro atoms. The molecule has 2 bridgehead atoms. The number of piperazine rings is 1. The Bertz CT molecular complexity index is 1630. The van der Waals surface area contributed by atoms with Gasteiger partial charge in [-0.3, -0.25) is 15.0 Å². The van der Waals surface area contributed by atoms with E-state index in [1.165, 1.54) is 29.1 Å². The number of aromatic nitrogens is 7. The van der Waals surface area contributed by atoms with E-state index in [1.54, 1.807) is 0 Å². The fraction of sp³-hybridized carbons (Fsp3) is 0.300. The standard InChI is InChI=1S/C30H30FN9/c1-19-7-24(10-25-9-20(2)36-37-25)35-28(8-19)22-4-6-29(33-13-22)38-17-26-11-27(18-38)39(26)15-21-3-5-30(32-12-21)40-16-23(31)14-34-40/h3-9,12-14,16,26-27H,10-11,15,17-18H2,1-2H3,(H,36,37). The molecule has 0 aliphatic carbocycles. The molecule has 0 aromatic carbocycles. The fourth-order valence-corrected chi connectivity index (χ4v) is 5.87. The van der Waals surface area contributed by atoms with Crippen LogP contribution in [0.5, 0.6) is 0 Å². The number of aryl methyl sites for hydroxylation is 2. The lowest BCUT2D eigenvalue weighted by molar-refractivity contribution is -0.00875. The lowest BCUT2D eigenvalue weighted by Crippen LogP contribution is -2.68. The Morgan fingerprint density at radius 1 is 0.925 bits per heavy atom. The summed E-state index contributed by atoms with van der Waals surface area (Å²) in [5, 5.41) is 11.3. The second-order valence-corrected chi connectivity index (χ2v) is 10.9. The number of fused-ring (bicyclic) bond motifs is 2. The van der Waals surface area contributed by atoms with E-state index < -0.39 is 0 Å². The molecule has 1 N–H and O–H groups in total. The molecule has 8 heterocycles. The van der Waals surface area contributed by atoms with Crippen LogP contribution in [0.1, 0.15) is 34.6 Å². The topological polar surface area (TPSA) is 91.7 Å². The number of hydrogen-bond donors (Lipinski definition) is 1. The summed E-state index contributed by atoms with van der Waals surface area (Å²) in [5.41, 5.74) is 7.32. The molecule has 9 nitrogen and oxygen atoms in total. The third-order valence-corrected chi connectivity index (χ3v) is 7.82. The summed E-state index contributed by atoms with van der Waals surface area (Å²) in [4.78, 5) is 19.2. The first-order valence-corrected chi connectivity index (χ1v) is 13.6. The van der Waals surface area contributed by atoms with Crippen LogP contribution in [0, 0.1) is 19.7 Å². The molecule has 10 heteroatoms. The minimum Gasteiger partial charge on any atom is -0.353 e. The van der Waals surface area contributed by atoms with Crippen molar-refractivity contribution in [3.05, 3.63) is 101 Å². The van der Waals surface area contributed by atoms with Crippen LogP contribution in [-0.4, -0.2) is 65.0 Å². The van der Waals surface area contributed by atoms with Gasteiger partial charge < -0.3 is 4.90 Å². The third-order valence-electron chi connectivity index (χ3n) is 7.82. The van der Waals surface area contributed by atoms with Crippen molar-refractivity contribution in [1.29, 1.82) is 0 Å². The number of pyridine rings is 3. The number of hydrogen-bond acceptors (Lipinski definition) is 7. The molecule has 2 atom stereocenters. The van der Waals surface area contributed by atoms with Gasteiger partial charge in [0.05, 0.1) is 23.8 Å². The zero-order chi connectivity index (χ0) is 27.2. The molecule has 3 saturated heterocycles. The molecule has 0 amide bonds. The number of piperidine rings is 1. The van der Waals surface area contributed by atoms with Gasteiger partial charge in [-0.15, -0.1) is 0 Å². The zero-order valence-electron chi connectivity index (χ0n) is 22.5. The van der Waals surface area contributed by atoms with Gasteiger partial charge in [0.15, 0.2) is 11.6 Å². The first-order valence-electron chi connectivity index (χ1n) is 13.6. The van der Waals surface area contributed by atoms with Crippen molar-refractivity contribution in [1.82, 2.24) is 39.8 Å². The van der Waals surface area contributed by atoms with E-state index in [9.17, 15) is 4.39 Å². The van der Waals surface area contributed by atoms with Crippen LogP contribution in [0.2, 0.25) is 0 Å². The Morgan fingerprint density at radius 2 is 1.75 bits per heavy atom. The lowest BCUT2D eigenvalue weighted by atomic mass is 9.87. The van der Waals surface area contributed by atoms with E-state index in [-0.39, 0.29) is 5.82 Å². The summed E-state index contributed by atoms with van der Waals surface area (Å²) in [6.45, 7) is 6.87. The normalized spacial score (nSPS) is 18.6. The summed E-state index contributed by atoms with van der Waals surface area (Å²) in [6.07, 6.45) is 8.22. The first-order chi connectivity index (χ1) is 19.5. The van der Waals surface area contributed by atoms with Crippen molar-refractivity contribution in [2.45, 2.75) is 45.3 Å². The fourth-order valence-electron chi connectivity index (χ4n) is 5.87. The van der Waals surface area contributed by atoms with Crippen LogP contribution in [0.4, 0.5) is 10.2 Å². The van der Waals surface area contributed by atoms with Crippen molar-refractivity contribution < 1.29 is 4.39 Å². The number of anilines is 1. The Labute approximate surface area is 231 Å². The van der Waals surface area contributed by atoms with Crippen molar-refractivity contribution in [3.8, 4) is 17.1 Å². The smallest absolute Gasteiger partial charge is 0.161 e. The van der Waals surface area contributed by atoms with Crippen LogP contribution in [0.3, 0.4) is 0 Å². The van der Waals surface area contributed by atoms with Crippen LogP contribution in [-0.2, 0) is 13.0 Å². The van der Waals surface area contributed by atoms with Gasteiger partial charge in [0.2, 0.25) is 0 Å². The number of nitrogens with zero attached hydrogens (tertiary/aromatic N) is 8. The van der Waals surface area contributed by atoms with Gasteiger partial charge in [0.25, 0.3) is 0 Å². The minimum atomic E-state index is -0.370. The molecule has 3 aliphatic heterocycles. The summed E-state index contributed by atoms with van der Waals surface area (Å²) >= 11 is 0. The molecule has 8 rings (SSSR count). The highest BCUT2D eigenvalue weighted by molar-refractivity contribution is 5.61. The molecule has 5 aromatic heterocycles. The van der Waals surface area contributed by atoms with Gasteiger partial charge in [-0.05, 0) is 67.8 Å². The van der Waals surface area contributed by atoms with Gasteiger partial charge in [0.1, 0.15) is 5.82 Å². The summed E-state index contributed by atoms with van der Waals surface area (Å²) in [5.74, 6) is 1.25. The predicted octanol–water partition coefficient (Wildman–Crippen LogP) is 4.26. The van der Waals surface area contributed by atoms with Gasteiger partial charge in [0, 0.05) is 67.5 Å². The zero-order valence-corrected chi connectivity index (χ0v) is 22.5. The Morgan fingerprint density at radius 3 is 2.42 bits per heavy atom. The molecule has 40 heavy (non-hydrogen) atoms. The van der Waals surface area contributed by atoms with Crippen LogP contribution in [0.25, 0.3) is 17.1 Å². The van der Waals surface area contributed by atoms with E-state index in [2.05, 4.69) is 73.4 Å². The van der Waals surface area contributed by atoms with Crippen molar-refractivity contribution in [2.24, 2.45) is 0 Å². The second kappa shape index (κ2) is 9.95. The van der Waals surface area contributed by atoms with Gasteiger partial charge in [-0.2, -0.15) is 10.2 Å². The molecular formula is C30H30FN9. The predicted molar refractivity (Wildman–Crippen MR) is 150 cm³/mol. The largest absolute Gasteiger partial charge is 0.353 e. The minimum absolute atomic E-state index is 0.370. The highest BCUT2D eigenvalue weighted by Crippen LogP contribution is 2.35. The summed E-state index contributed by atoms with van der Waals surface area (Å²) in [6, 6.07) is 15.5. The molecule has 3 aliphatic rings. The SMILES string of the molecule is Cc1cc(Cc2cc(C)[nH]n2)nc(-c2ccc(N3CC4CC(C3)N4Cc3ccc(-n4cc(F)cn4)nc3)nc2)c1. The quantitative estimate of drug-likeness (QED) is 0.333. The maximum absolute atomic E-state index is 13.3. The number of aromatic amines is 1. The van der Waals surface area contributed by atoms with E-state index in [0.717, 1.165) is 59.4 Å². The number of H-pyrrole nitrogens is 1. The first kappa shape index (κ1) is 24.6. The van der Waals surface area contributed by atoms with E-state index >= 15 is 0 Å². The van der Waals surface area contributed by atoms with Crippen LogP contribution < -0.4 is 4.90 Å². The Kier molecular flexibility index (Phi) is 6.11. The molecule has 2 unspecified atom stereocenters. The molecule has 0 radical (unpaired) electrons. The maximum atomic E-state index is 13.3. The number of nitrogens with one attached hydrogen (secondary N) is 1.